The topological polar surface area (TPSA) is 69.0 Å². The van der Waals surface area contributed by atoms with Crippen molar-refractivity contribution in [3.63, 3.8) is 0 Å². The van der Waals surface area contributed by atoms with Crippen LogP contribution in [-0.2, 0) is 18.4 Å². The maximum absolute atomic E-state index is 12.1. The van der Waals surface area contributed by atoms with Gasteiger partial charge in [0.15, 0.2) is 17.1 Å². The first kappa shape index (κ1) is 20.9. The number of thioether (sulfide) groups is 1. The molecule has 3 rings (SSSR count). The summed E-state index contributed by atoms with van der Waals surface area (Å²) in [5.41, 5.74) is 3.38. The Labute approximate surface area is 175 Å². The van der Waals surface area contributed by atoms with Crippen LogP contribution in [0.25, 0.3) is 0 Å². The smallest absolute Gasteiger partial charge is 0.230 e. The fourth-order valence-electron chi connectivity index (χ4n) is 2.88. The van der Waals surface area contributed by atoms with Gasteiger partial charge in [-0.3, -0.25) is 4.79 Å². The number of carbonyl (C=O) groups is 1. The van der Waals surface area contributed by atoms with E-state index in [0.29, 0.717) is 11.7 Å². The van der Waals surface area contributed by atoms with Gasteiger partial charge >= 0.3 is 0 Å². The molecular weight excluding hydrogens is 384 g/mol. The summed E-state index contributed by atoms with van der Waals surface area (Å²) in [6.45, 7) is 6.58. The van der Waals surface area contributed by atoms with Gasteiger partial charge in [-0.1, -0.05) is 54.2 Å². The average molecular weight is 411 g/mol. The molecule has 152 valence electrons. The number of carbonyl (C=O) groups excluding carboxylic acids is 1. The Hall–Kier alpha value is -2.80. The van der Waals surface area contributed by atoms with Gasteiger partial charge in [0.1, 0.15) is 5.75 Å². The van der Waals surface area contributed by atoms with Crippen LogP contribution in [0.1, 0.15) is 35.5 Å². The molecular formula is C22H26N4O2S. The number of aryl methyl sites for hydroxylation is 1. The lowest BCUT2D eigenvalue weighted by Gasteiger charge is -2.16. The van der Waals surface area contributed by atoms with Gasteiger partial charge in [-0.25, -0.2) is 0 Å². The molecule has 0 fully saturated rings. The molecule has 0 aliphatic rings. The first-order chi connectivity index (χ1) is 14.0. The van der Waals surface area contributed by atoms with E-state index in [-0.39, 0.29) is 17.8 Å². The summed E-state index contributed by atoms with van der Waals surface area (Å²) in [6.07, 6.45) is -0.255. The molecule has 2 aromatic carbocycles. The summed E-state index contributed by atoms with van der Waals surface area (Å²) >= 11 is 1.36. The van der Waals surface area contributed by atoms with Gasteiger partial charge in [0, 0.05) is 13.6 Å². The second-order valence-corrected chi connectivity index (χ2v) is 7.85. The van der Waals surface area contributed by atoms with Gasteiger partial charge in [0.2, 0.25) is 5.91 Å². The van der Waals surface area contributed by atoms with Crippen molar-refractivity contribution < 1.29 is 9.53 Å². The van der Waals surface area contributed by atoms with E-state index in [1.807, 2.05) is 67.9 Å². The number of amides is 1. The van der Waals surface area contributed by atoms with Crippen molar-refractivity contribution in [2.75, 3.05) is 5.75 Å². The van der Waals surface area contributed by atoms with Crippen molar-refractivity contribution in [2.24, 2.45) is 7.05 Å². The molecule has 1 heterocycles. The molecule has 0 saturated carbocycles. The van der Waals surface area contributed by atoms with E-state index in [0.717, 1.165) is 22.7 Å². The molecule has 29 heavy (non-hydrogen) atoms. The summed E-state index contributed by atoms with van der Waals surface area (Å²) < 4.78 is 7.99. The number of hydrogen-bond acceptors (Lipinski definition) is 5. The second kappa shape index (κ2) is 9.60. The molecule has 6 nitrogen and oxygen atoms in total. The average Bonchev–Trinajstić information content (AvgIpc) is 3.09. The number of ether oxygens (including phenoxy) is 1. The van der Waals surface area contributed by atoms with Crippen LogP contribution in [0.5, 0.6) is 5.75 Å². The zero-order valence-corrected chi connectivity index (χ0v) is 18.0. The van der Waals surface area contributed by atoms with Crippen LogP contribution >= 0.6 is 11.8 Å². The van der Waals surface area contributed by atoms with Crippen LogP contribution in [0.3, 0.4) is 0 Å². The highest BCUT2D eigenvalue weighted by Crippen LogP contribution is 2.27. The normalized spacial score (nSPS) is 11.9. The van der Waals surface area contributed by atoms with E-state index in [9.17, 15) is 4.79 Å². The predicted molar refractivity (Wildman–Crippen MR) is 115 cm³/mol. The Balaban J connectivity index is 1.56. The maximum atomic E-state index is 12.1. The van der Waals surface area contributed by atoms with Crippen molar-refractivity contribution in [1.29, 1.82) is 0 Å². The molecule has 0 aliphatic heterocycles. The van der Waals surface area contributed by atoms with Crippen molar-refractivity contribution in [3.8, 4) is 5.75 Å². The van der Waals surface area contributed by atoms with Gasteiger partial charge in [0.25, 0.3) is 0 Å². The molecule has 1 amide bonds. The standard InChI is InChI=1S/C22H26N4O2S/c1-15-9-8-12-19(16(15)2)28-17(3)21-24-25-22(26(21)4)29-14-20(27)23-13-18-10-6-5-7-11-18/h5-12,17H,13-14H2,1-4H3,(H,23,27). The fourth-order valence-corrected chi connectivity index (χ4v) is 3.63. The fraction of sp³-hybridized carbons (Fsp3) is 0.318. The molecule has 3 aromatic rings. The molecule has 1 aromatic heterocycles. The quantitative estimate of drug-likeness (QED) is 0.569. The van der Waals surface area contributed by atoms with Crippen LogP contribution in [0.2, 0.25) is 0 Å². The van der Waals surface area contributed by atoms with E-state index in [2.05, 4.69) is 28.5 Å². The SMILES string of the molecule is Cc1cccc(OC(C)c2nnc(SCC(=O)NCc3ccccc3)n2C)c1C. The van der Waals surface area contributed by atoms with Gasteiger partial charge < -0.3 is 14.6 Å². The largest absolute Gasteiger partial charge is 0.482 e. The van der Waals surface area contributed by atoms with Crippen molar-refractivity contribution in [3.05, 3.63) is 71.0 Å². The minimum atomic E-state index is -0.255. The summed E-state index contributed by atoms with van der Waals surface area (Å²) in [5, 5.41) is 12.1. The highest BCUT2D eigenvalue weighted by Gasteiger charge is 2.19. The molecule has 0 bridgehead atoms. The molecule has 0 saturated heterocycles. The summed E-state index contributed by atoms with van der Waals surface area (Å²) in [4.78, 5) is 12.1. The van der Waals surface area contributed by atoms with Crippen LogP contribution in [0.4, 0.5) is 0 Å². The third kappa shape index (κ3) is 5.38. The predicted octanol–water partition coefficient (Wildman–Crippen LogP) is 3.98. The van der Waals surface area contributed by atoms with Crippen molar-refractivity contribution >= 4 is 17.7 Å². The monoisotopic (exact) mass is 410 g/mol. The van der Waals surface area contributed by atoms with Gasteiger partial charge in [-0.15, -0.1) is 10.2 Å². The van der Waals surface area contributed by atoms with Crippen LogP contribution in [-0.4, -0.2) is 26.4 Å². The minimum absolute atomic E-state index is 0.0388. The highest BCUT2D eigenvalue weighted by atomic mass is 32.2. The molecule has 1 atom stereocenters. The van der Waals surface area contributed by atoms with E-state index < -0.39 is 0 Å². The number of nitrogens with zero attached hydrogens (tertiary/aromatic N) is 3. The first-order valence-electron chi connectivity index (χ1n) is 9.51. The summed E-state index contributed by atoms with van der Waals surface area (Å²) in [7, 11) is 1.89. The number of hydrogen-bond donors (Lipinski definition) is 1. The summed E-state index contributed by atoms with van der Waals surface area (Å²) in [6, 6.07) is 15.8. The molecule has 7 heteroatoms. The van der Waals surface area contributed by atoms with Crippen molar-refractivity contribution in [2.45, 2.75) is 38.6 Å². The second-order valence-electron chi connectivity index (χ2n) is 6.91. The van der Waals surface area contributed by atoms with Gasteiger partial charge in [-0.05, 0) is 43.5 Å². The minimum Gasteiger partial charge on any atom is -0.482 e. The molecule has 0 aliphatic carbocycles. The van der Waals surface area contributed by atoms with Crippen LogP contribution in [0, 0.1) is 13.8 Å². The lowest BCUT2D eigenvalue weighted by atomic mass is 10.1. The molecule has 1 N–H and O–H groups in total. The number of rotatable bonds is 8. The Morgan fingerprint density at radius 2 is 1.90 bits per heavy atom. The maximum Gasteiger partial charge on any atom is 0.230 e. The zero-order chi connectivity index (χ0) is 20.8. The Morgan fingerprint density at radius 3 is 2.66 bits per heavy atom. The number of aromatic nitrogens is 3. The summed E-state index contributed by atoms with van der Waals surface area (Å²) in [5.74, 6) is 1.81. The zero-order valence-electron chi connectivity index (χ0n) is 17.2. The third-order valence-corrected chi connectivity index (χ3v) is 5.78. The van der Waals surface area contributed by atoms with Gasteiger partial charge in [0.05, 0.1) is 5.75 Å². The Bertz CT molecular complexity index is 972. The van der Waals surface area contributed by atoms with Crippen LogP contribution < -0.4 is 10.1 Å². The molecule has 1 unspecified atom stereocenters. The number of nitrogens with one attached hydrogen (secondary N) is 1. The lowest BCUT2D eigenvalue weighted by molar-refractivity contribution is -0.118. The molecule has 0 spiro atoms. The molecule has 0 radical (unpaired) electrons. The first-order valence-corrected chi connectivity index (χ1v) is 10.5. The number of benzene rings is 2. The van der Waals surface area contributed by atoms with Gasteiger partial charge in [-0.2, -0.15) is 0 Å². The van der Waals surface area contributed by atoms with Crippen molar-refractivity contribution in [1.82, 2.24) is 20.1 Å². The van der Waals surface area contributed by atoms with E-state index in [1.54, 1.807) is 0 Å². The van der Waals surface area contributed by atoms with Crippen LogP contribution in [0.15, 0.2) is 53.7 Å². The lowest BCUT2D eigenvalue weighted by Crippen LogP contribution is -2.24. The Morgan fingerprint density at radius 1 is 1.14 bits per heavy atom. The van der Waals surface area contributed by atoms with E-state index in [1.165, 1.54) is 17.3 Å². The van der Waals surface area contributed by atoms with E-state index >= 15 is 0 Å². The third-order valence-electron chi connectivity index (χ3n) is 4.76. The highest BCUT2D eigenvalue weighted by molar-refractivity contribution is 7.99. The van der Waals surface area contributed by atoms with E-state index in [4.69, 9.17) is 4.74 Å². The Kier molecular flexibility index (Phi) is 6.93.